The van der Waals surface area contributed by atoms with E-state index in [-0.39, 0.29) is 22.9 Å². The molecule has 1 saturated heterocycles. The van der Waals surface area contributed by atoms with Gasteiger partial charge in [0.2, 0.25) is 11.8 Å². The molecule has 0 aliphatic carbocycles. The average molecular weight is 480 g/mol. The number of hydrogen-bond acceptors (Lipinski definition) is 2. The maximum absolute atomic E-state index is 13.6. The summed E-state index contributed by atoms with van der Waals surface area (Å²) in [6, 6.07) is 11.6. The number of carbonyl (C=O) groups is 2. The molecule has 1 heterocycles. The Labute approximate surface area is 181 Å². The molecule has 4 nitrogen and oxygen atoms in total. The maximum Gasteiger partial charge on any atom is 0.417 e. The molecule has 2 amide bonds. The normalized spacial score (nSPS) is 15.0. The Balaban J connectivity index is 1.91. The van der Waals surface area contributed by atoms with Crippen LogP contribution in [0.15, 0.2) is 46.9 Å². The number of nitrogens with zero attached hydrogens (tertiary/aromatic N) is 2. The molecular formula is C22H19BrF3N2O2. The van der Waals surface area contributed by atoms with Gasteiger partial charge in [0.15, 0.2) is 0 Å². The van der Waals surface area contributed by atoms with Crippen molar-refractivity contribution in [2.24, 2.45) is 0 Å². The highest BCUT2D eigenvalue weighted by atomic mass is 79.9. The van der Waals surface area contributed by atoms with Crippen LogP contribution in [0, 0.1) is 6.07 Å². The van der Waals surface area contributed by atoms with Gasteiger partial charge in [-0.05, 0) is 35.4 Å². The van der Waals surface area contributed by atoms with Gasteiger partial charge in [-0.3, -0.25) is 9.59 Å². The molecule has 0 bridgehead atoms. The lowest BCUT2D eigenvalue weighted by Gasteiger charge is -2.33. The van der Waals surface area contributed by atoms with Crippen LogP contribution < -0.4 is 0 Å². The van der Waals surface area contributed by atoms with Crippen LogP contribution in [0.1, 0.15) is 18.1 Å². The van der Waals surface area contributed by atoms with Crippen LogP contribution in [0.5, 0.6) is 0 Å². The van der Waals surface area contributed by atoms with Gasteiger partial charge in [-0.1, -0.05) is 40.2 Å². The summed E-state index contributed by atoms with van der Waals surface area (Å²) in [6.45, 7) is 3.13. The summed E-state index contributed by atoms with van der Waals surface area (Å²) in [5.41, 5.74) is -0.271. The Kier molecular flexibility index (Phi) is 6.65. The lowest BCUT2D eigenvalue weighted by molar-refractivity contribution is -0.137. The molecule has 0 N–H and O–H groups in total. The number of halogens is 4. The monoisotopic (exact) mass is 479 g/mol. The maximum atomic E-state index is 13.6. The van der Waals surface area contributed by atoms with E-state index < -0.39 is 11.7 Å². The van der Waals surface area contributed by atoms with Crippen LogP contribution in [-0.2, 0) is 15.8 Å². The molecule has 3 rings (SSSR count). The van der Waals surface area contributed by atoms with Crippen molar-refractivity contribution in [2.45, 2.75) is 13.1 Å². The van der Waals surface area contributed by atoms with Gasteiger partial charge in [-0.2, -0.15) is 13.2 Å². The molecular weight excluding hydrogens is 461 g/mol. The molecule has 1 radical (unpaired) electrons. The van der Waals surface area contributed by atoms with Crippen molar-refractivity contribution >= 4 is 33.8 Å². The van der Waals surface area contributed by atoms with Crippen LogP contribution in [0.3, 0.4) is 0 Å². The smallest absolute Gasteiger partial charge is 0.339 e. The molecule has 8 heteroatoms. The van der Waals surface area contributed by atoms with Crippen LogP contribution >= 0.6 is 15.9 Å². The van der Waals surface area contributed by atoms with Crippen LogP contribution in [-0.4, -0.2) is 47.8 Å². The highest BCUT2D eigenvalue weighted by Gasteiger charge is 2.34. The molecule has 157 valence electrons. The zero-order valence-corrected chi connectivity index (χ0v) is 17.8. The largest absolute Gasteiger partial charge is 0.417 e. The Morgan fingerprint density at radius 2 is 1.77 bits per heavy atom. The summed E-state index contributed by atoms with van der Waals surface area (Å²) in [5, 5.41) is 0. The molecule has 0 aromatic heterocycles. The highest BCUT2D eigenvalue weighted by molar-refractivity contribution is 9.10. The van der Waals surface area contributed by atoms with E-state index in [2.05, 4.69) is 22.0 Å². The fourth-order valence-corrected chi connectivity index (χ4v) is 3.74. The minimum absolute atomic E-state index is 0.0308. The summed E-state index contributed by atoms with van der Waals surface area (Å²) in [7, 11) is 0. The Morgan fingerprint density at radius 1 is 1.10 bits per heavy atom. The van der Waals surface area contributed by atoms with Crippen molar-refractivity contribution < 1.29 is 22.8 Å². The minimum Gasteiger partial charge on any atom is -0.339 e. The molecule has 0 atom stereocenters. The van der Waals surface area contributed by atoms with E-state index in [1.807, 2.05) is 0 Å². The molecule has 0 spiro atoms. The summed E-state index contributed by atoms with van der Waals surface area (Å²) in [4.78, 5) is 27.2. The van der Waals surface area contributed by atoms with Gasteiger partial charge in [0.25, 0.3) is 0 Å². The first-order chi connectivity index (χ1) is 14.2. The van der Waals surface area contributed by atoms with Crippen LogP contribution in [0.2, 0.25) is 0 Å². The third-order valence-electron chi connectivity index (χ3n) is 4.87. The first-order valence-corrected chi connectivity index (χ1v) is 10.1. The second-order valence-electron chi connectivity index (χ2n) is 6.86. The van der Waals surface area contributed by atoms with Crippen molar-refractivity contribution in [3.63, 3.8) is 0 Å². The Hall–Kier alpha value is -2.61. The standard InChI is InChI=1S/C22H19BrF3N2O2/c1-15(29)27-10-12-28(13-11-27)20(30)9-8-16-4-3-7-19(22(24,25)26)21(16)17-5-2-6-18(23)14-17/h2-6,8-9,14H,10-13H2,1H3/b9-8+. The third-order valence-corrected chi connectivity index (χ3v) is 5.36. The van der Waals surface area contributed by atoms with Gasteiger partial charge in [0.05, 0.1) is 5.56 Å². The lowest BCUT2D eigenvalue weighted by Crippen LogP contribution is -2.49. The minimum atomic E-state index is -4.59. The van der Waals surface area contributed by atoms with E-state index in [4.69, 9.17) is 0 Å². The summed E-state index contributed by atoms with van der Waals surface area (Å²) < 4.78 is 41.5. The van der Waals surface area contributed by atoms with E-state index in [1.165, 1.54) is 31.2 Å². The van der Waals surface area contributed by atoms with Crippen molar-refractivity contribution in [3.8, 4) is 11.1 Å². The zero-order chi connectivity index (χ0) is 21.9. The van der Waals surface area contributed by atoms with Gasteiger partial charge >= 0.3 is 6.18 Å². The quantitative estimate of drug-likeness (QED) is 0.601. The van der Waals surface area contributed by atoms with Crippen LogP contribution in [0.4, 0.5) is 13.2 Å². The van der Waals surface area contributed by atoms with E-state index in [9.17, 15) is 22.8 Å². The predicted octanol–water partition coefficient (Wildman–Crippen LogP) is 4.64. The van der Waals surface area contributed by atoms with Crippen LogP contribution in [0.25, 0.3) is 17.2 Å². The van der Waals surface area contributed by atoms with Gasteiger partial charge in [0, 0.05) is 49.2 Å². The SMILES string of the molecule is CC(=O)N1CCN(C(=O)/C=C/c2cc[c]c(C(F)(F)F)c2-c2cccc(Br)c2)CC1. The van der Waals surface area contributed by atoms with E-state index in [1.54, 1.807) is 34.1 Å². The molecule has 0 unspecified atom stereocenters. The third kappa shape index (κ3) is 5.11. The predicted molar refractivity (Wildman–Crippen MR) is 111 cm³/mol. The number of hydrogen-bond donors (Lipinski definition) is 0. The molecule has 1 aliphatic rings. The summed E-state index contributed by atoms with van der Waals surface area (Å²) in [5.74, 6) is -0.351. The van der Waals surface area contributed by atoms with Gasteiger partial charge < -0.3 is 9.80 Å². The van der Waals surface area contributed by atoms with Crippen molar-refractivity contribution in [1.29, 1.82) is 0 Å². The first kappa shape index (κ1) is 22.1. The average Bonchev–Trinajstić information content (AvgIpc) is 2.71. The molecule has 1 fully saturated rings. The number of piperazine rings is 1. The Morgan fingerprint density at radius 3 is 2.37 bits per heavy atom. The number of rotatable bonds is 3. The van der Waals surface area contributed by atoms with E-state index >= 15 is 0 Å². The highest BCUT2D eigenvalue weighted by Crippen LogP contribution is 2.39. The first-order valence-electron chi connectivity index (χ1n) is 9.27. The second kappa shape index (κ2) is 9.04. The Bertz CT molecular complexity index is 981. The van der Waals surface area contributed by atoms with E-state index in [0.717, 1.165) is 0 Å². The zero-order valence-electron chi connectivity index (χ0n) is 16.2. The molecule has 2 aromatic rings. The van der Waals surface area contributed by atoms with Crippen molar-refractivity contribution in [2.75, 3.05) is 26.2 Å². The van der Waals surface area contributed by atoms with Gasteiger partial charge in [-0.15, -0.1) is 0 Å². The molecule has 0 saturated carbocycles. The second-order valence-corrected chi connectivity index (χ2v) is 7.77. The summed E-state index contributed by atoms with van der Waals surface area (Å²) >= 11 is 3.29. The topological polar surface area (TPSA) is 40.6 Å². The molecule has 30 heavy (non-hydrogen) atoms. The van der Waals surface area contributed by atoms with Crippen molar-refractivity contribution in [1.82, 2.24) is 9.80 Å². The molecule has 2 aromatic carbocycles. The fourth-order valence-electron chi connectivity index (χ4n) is 3.34. The number of carbonyl (C=O) groups excluding carboxylic acids is 2. The number of benzene rings is 2. The van der Waals surface area contributed by atoms with Gasteiger partial charge in [0.1, 0.15) is 0 Å². The summed E-state index contributed by atoms with van der Waals surface area (Å²) in [6.07, 6.45) is -1.91. The lowest BCUT2D eigenvalue weighted by atomic mass is 9.93. The number of alkyl halides is 3. The fraction of sp³-hybridized carbons (Fsp3) is 0.273. The van der Waals surface area contributed by atoms with Gasteiger partial charge in [-0.25, -0.2) is 0 Å². The number of amides is 2. The molecule has 1 aliphatic heterocycles. The van der Waals surface area contributed by atoms with Crippen molar-refractivity contribution in [3.05, 3.63) is 64.1 Å². The van der Waals surface area contributed by atoms with E-state index in [0.29, 0.717) is 36.2 Å².